The van der Waals surface area contributed by atoms with Gasteiger partial charge in [-0.25, -0.2) is 4.57 Å². The first-order chi connectivity index (χ1) is 12.3. The number of aromatic nitrogens is 2. The Hall–Kier alpha value is -2.07. The van der Waals surface area contributed by atoms with Gasteiger partial charge in [-0.15, -0.1) is 0 Å². The van der Waals surface area contributed by atoms with Crippen molar-refractivity contribution in [3.8, 4) is 22.7 Å². The Morgan fingerprint density at radius 2 is 1.65 bits per heavy atom. The molecule has 0 saturated carbocycles. The third-order valence-corrected chi connectivity index (χ3v) is 5.11. The highest BCUT2D eigenvalue weighted by Crippen LogP contribution is 2.25. The lowest BCUT2D eigenvalue weighted by atomic mass is 10.1. The van der Waals surface area contributed by atoms with E-state index in [-0.39, 0.29) is 17.0 Å². The maximum atomic E-state index is 5.31. The Morgan fingerprint density at radius 1 is 0.923 bits per heavy atom. The van der Waals surface area contributed by atoms with Crippen molar-refractivity contribution in [3.05, 3.63) is 66.1 Å². The lowest BCUT2D eigenvalue weighted by molar-refractivity contribution is -0.692. The van der Waals surface area contributed by atoms with Gasteiger partial charge in [-0.05, 0) is 62.6 Å². The minimum absolute atomic E-state index is 0. The summed E-state index contributed by atoms with van der Waals surface area (Å²) in [5.41, 5.74) is 5.08. The standard InChI is InChI=1S/C22H25N2O.BrH/c1-17-7-11-19(12-8-17)24-16-21(18-9-13-20(25-2)14-10-18)23-15-5-3-4-6-22(23)24;/h7-14,16H,3-6,15H2,1-2H3;1H/q+1;/p-1. The molecule has 1 aliphatic rings. The molecular formula is C22H25BrN2O. The highest BCUT2D eigenvalue weighted by molar-refractivity contribution is 5.58. The van der Waals surface area contributed by atoms with Crippen LogP contribution in [0.25, 0.3) is 16.9 Å². The number of methoxy groups -OCH3 is 1. The van der Waals surface area contributed by atoms with E-state index in [0.29, 0.717) is 0 Å². The number of halogens is 1. The summed E-state index contributed by atoms with van der Waals surface area (Å²) in [5.74, 6) is 2.31. The Kier molecular flexibility index (Phi) is 5.82. The van der Waals surface area contributed by atoms with Crippen LogP contribution in [0.4, 0.5) is 0 Å². The molecule has 136 valence electrons. The fraction of sp³-hybridized carbons (Fsp3) is 0.318. The van der Waals surface area contributed by atoms with Crippen molar-refractivity contribution in [2.75, 3.05) is 7.11 Å². The van der Waals surface area contributed by atoms with Gasteiger partial charge in [0.2, 0.25) is 0 Å². The van der Waals surface area contributed by atoms with Gasteiger partial charge in [-0.3, -0.25) is 0 Å². The van der Waals surface area contributed by atoms with E-state index in [0.717, 1.165) is 18.7 Å². The number of hydrogen-bond acceptors (Lipinski definition) is 1. The number of rotatable bonds is 3. The van der Waals surface area contributed by atoms with E-state index >= 15 is 0 Å². The van der Waals surface area contributed by atoms with E-state index in [1.54, 1.807) is 7.11 Å². The van der Waals surface area contributed by atoms with Gasteiger partial charge in [0.05, 0.1) is 13.7 Å². The van der Waals surface area contributed by atoms with Crippen molar-refractivity contribution in [2.45, 2.75) is 39.2 Å². The molecule has 3 nitrogen and oxygen atoms in total. The molecule has 26 heavy (non-hydrogen) atoms. The van der Waals surface area contributed by atoms with Gasteiger partial charge in [0.15, 0.2) is 5.69 Å². The van der Waals surface area contributed by atoms with Crippen LogP contribution in [0.5, 0.6) is 5.75 Å². The second-order valence-corrected chi connectivity index (χ2v) is 6.83. The molecule has 0 amide bonds. The van der Waals surface area contributed by atoms with Crippen LogP contribution in [0, 0.1) is 6.92 Å². The maximum Gasteiger partial charge on any atom is 0.262 e. The lowest BCUT2D eigenvalue weighted by Crippen LogP contribution is -3.00. The highest BCUT2D eigenvalue weighted by Gasteiger charge is 2.26. The average molecular weight is 413 g/mol. The van der Waals surface area contributed by atoms with Gasteiger partial charge in [-0.1, -0.05) is 17.7 Å². The van der Waals surface area contributed by atoms with E-state index in [9.17, 15) is 0 Å². The molecule has 0 fully saturated rings. The molecule has 0 N–H and O–H groups in total. The molecule has 4 heteroatoms. The molecule has 0 unspecified atom stereocenters. The van der Waals surface area contributed by atoms with E-state index in [1.807, 2.05) is 12.1 Å². The Balaban J connectivity index is 0.00000196. The highest BCUT2D eigenvalue weighted by atomic mass is 79.9. The van der Waals surface area contributed by atoms with E-state index in [4.69, 9.17) is 4.74 Å². The summed E-state index contributed by atoms with van der Waals surface area (Å²) in [6.07, 6.45) is 7.24. The minimum atomic E-state index is 0. The van der Waals surface area contributed by atoms with Crippen LogP contribution < -0.4 is 26.3 Å². The van der Waals surface area contributed by atoms with Crippen LogP contribution in [0.15, 0.2) is 54.7 Å². The molecule has 4 rings (SSSR count). The summed E-state index contributed by atoms with van der Waals surface area (Å²) in [6.45, 7) is 3.23. The van der Waals surface area contributed by atoms with Crippen molar-refractivity contribution in [1.29, 1.82) is 0 Å². The van der Waals surface area contributed by atoms with Gasteiger partial charge in [0, 0.05) is 12.0 Å². The average Bonchev–Trinajstić information content (AvgIpc) is 2.84. The number of benzene rings is 2. The molecule has 2 heterocycles. The molecule has 0 bridgehead atoms. The van der Waals surface area contributed by atoms with Crippen LogP contribution in [-0.4, -0.2) is 11.7 Å². The molecule has 0 aliphatic carbocycles. The topological polar surface area (TPSA) is 18.0 Å². The van der Waals surface area contributed by atoms with Gasteiger partial charge >= 0.3 is 0 Å². The second kappa shape index (κ2) is 8.09. The predicted octanol–water partition coefficient (Wildman–Crippen LogP) is 1.48. The van der Waals surface area contributed by atoms with E-state index < -0.39 is 0 Å². The zero-order valence-electron chi connectivity index (χ0n) is 15.4. The fourth-order valence-electron chi connectivity index (χ4n) is 3.69. The smallest absolute Gasteiger partial charge is 0.262 e. The van der Waals surface area contributed by atoms with Gasteiger partial charge in [0.25, 0.3) is 5.82 Å². The third kappa shape index (κ3) is 3.56. The number of hydrogen-bond donors (Lipinski definition) is 0. The molecule has 0 spiro atoms. The van der Waals surface area contributed by atoms with E-state index in [1.165, 1.54) is 47.6 Å². The normalized spacial score (nSPS) is 13.5. The third-order valence-electron chi connectivity index (χ3n) is 5.11. The molecule has 1 aromatic heterocycles. The fourth-order valence-corrected chi connectivity index (χ4v) is 3.69. The lowest BCUT2D eigenvalue weighted by Gasteiger charge is -2.04. The van der Waals surface area contributed by atoms with Crippen LogP contribution in [-0.2, 0) is 13.0 Å². The minimum Gasteiger partial charge on any atom is -1.00 e. The quantitative estimate of drug-likeness (QED) is 0.595. The number of fused-ring (bicyclic) bond motifs is 1. The number of imidazole rings is 1. The Bertz CT molecular complexity index is 866. The summed E-state index contributed by atoms with van der Waals surface area (Å²) in [7, 11) is 1.71. The maximum absolute atomic E-state index is 5.31. The number of nitrogens with zero attached hydrogens (tertiary/aromatic N) is 2. The second-order valence-electron chi connectivity index (χ2n) is 6.83. The van der Waals surface area contributed by atoms with Gasteiger partial charge in [0.1, 0.15) is 17.6 Å². The molecule has 0 radical (unpaired) electrons. The van der Waals surface area contributed by atoms with Crippen LogP contribution in [0.1, 0.15) is 30.7 Å². The van der Waals surface area contributed by atoms with Crippen LogP contribution >= 0.6 is 0 Å². The monoisotopic (exact) mass is 412 g/mol. The Morgan fingerprint density at radius 3 is 2.35 bits per heavy atom. The Labute approximate surface area is 166 Å². The van der Waals surface area contributed by atoms with Crippen molar-refractivity contribution in [1.82, 2.24) is 4.57 Å². The largest absolute Gasteiger partial charge is 1.00 e. The first kappa shape index (κ1) is 18.7. The molecule has 0 atom stereocenters. The zero-order valence-corrected chi connectivity index (χ0v) is 17.0. The molecular weight excluding hydrogens is 388 g/mol. The summed E-state index contributed by atoms with van der Waals surface area (Å²) >= 11 is 0. The molecule has 3 aromatic rings. The van der Waals surface area contributed by atoms with Crippen molar-refractivity contribution < 1.29 is 26.3 Å². The summed E-state index contributed by atoms with van der Waals surface area (Å²) < 4.78 is 10.2. The van der Waals surface area contributed by atoms with Gasteiger partial charge < -0.3 is 21.7 Å². The van der Waals surface area contributed by atoms with Crippen molar-refractivity contribution in [2.24, 2.45) is 0 Å². The number of aryl methyl sites for hydroxylation is 1. The van der Waals surface area contributed by atoms with E-state index in [2.05, 4.69) is 58.7 Å². The van der Waals surface area contributed by atoms with Crippen molar-refractivity contribution in [3.63, 3.8) is 0 Å². The first-order valence-corrected chi connectivity index (χ1v) is 9.12. The van der Waals surface area contributed by atoms with Crippen LogP contribution in [0.2, 0.25) is 0 Å². The first-order valence-electron chi connectivity index (χ1n) is 9.12. The van der Waals surface area contributed by atoms with Crippen LogP contribution in [0.3, 0.4) is 0 Å². The zero-order chi connectivity index (χ0) is 17.2. The molecule has 1 aliphatic heterocycles. The summed E-state index contributed by atoms with van der Waals surface area (Å²) in [6, 6.07) is 17.2. The molecule has 2 aromatic carbocycles. The molecule has 0 saturated heterocycles. The van der Waals surface area contributed by atoms with Gasteiger partial charge in [-0.2, -0.15) is 4.57 Å². The van der Waals surface area contributed by atoms with Crippen molar-refractivity contribution >= 4 is 0 Å². The summed E-state index contributed by atoms with van der Waals surface area (Å²) in [5, 5.41) is 0. The number of ether oxygens (including phenoxy) is 1. The SMILES string of the molecule is COc1ccc(-c2cn(-c3ccc(C)cc3)c3[n+]2CCCCC3)cc1.[Br-]. The summed E-state index contributed by atoms with van der Waals surface area (Å²) in [4.78, 5) is 0. The predicted molar refractivity (Wildman–Crippen MR) is 100 cm³/mol.